The second-order valence-electron chi connectivity index (χ2n) is 6.18. The third-order valence-electron chi connectivity index (χ3n) is 3.71. The monoisotopic (exact) mass is 272 g/mol. The van der Waals surface area contributed by atoms with Crippen molar-refractivity contribution in [3.63, 3.8) is 0 Å². The minimum absolute atomic E-state index is 0.000160. The molecule has 1 unspecified atom stereocenters. The average molecular weight is 272 g/mol. The molecule has 0 bridgehead atoms. The van der Waals surface area contributed by atoms with Crippen molar-refractivity contribution in [3.8, 4) is 0 Å². The minimum atomic E-state index is -0.000160. The number of furan rings is 1. The van der Waals surface area contributed by atoms with E-state index in [0.717, 1.165) is 13.1 Å². The lowest BCUT2D eigenvalue weighted by atomic mass is 9.80. The van der Waals surface area contributed by atoms with E-state index in [-0.39, 0.29) is 11.5 Å². The lowest BCUT2D eigenvalue weighted by Gasteiger charge is -2.35. The zero-order valence-electron chi connectivity index (χ0n) is 12.5. The summed E-state index contributed by atoms with van der Waals surface area (Å²) in [6.07, 6.45) is 3.50. The number of rotatable bonds is 6. The van der Waals surface area contributed by atoms with Gasteiger partial charge < -0.3 is 15.1 Å². The van der Waals surface area contributed by atoms with Gasteiger partial charge in [-0.1, -0.05) is 44.2 Å². The summed E-state index contributed by atoms with van der Waals surface area (Å²) in [6, 6.07) is 12.3. The van der Waals surface area contributed by atoms with Gasteiger partial charge in [0, 0.05) is 24.7 Å². The molecule has 1 aromatic heterocycles. The summed E-state index contributed by atoms with van der Waals surface area (Å²) in [5, 5.41) is 0. The van der Waals surface area contributed by atoms with Crippen molar-refractivity contribution in [3.05, 3.63) is 60.1 Å². The number of benzene rings is 1. The minimum Gasteiger partial charge on any atom is -0.472 e. The third kappa shape index (κ3) is 3.71. The van der Waals surface area contributed by atoms with E-state index in [9.17, 15) is 0 Å². The van der Waals surface area contributed by atoms with Crippen molar-refractivity contribution in [2.45, 2.75) is 26.4 Å². The van der Waals surface area contributed by atoms with E-state index in [0.29, 0.717) is 0 Å². The van der Waals surface area contributed by atoms with Gasteiger partial charge in [0.1, 0.15) is 0 Å². The molecule has 2 aromatic rings. The zero-order valence-corrected chi connectivity index (χ0v) is 12.5. The normalized spacial score (nSPS) is 13.7. The van der Waals surface area contributed by atoms with Gasteiger partial charge in [-0.05, 0) is 24.1 Å². The fraction of sp³-hybridized carbons (Fsp3) is 0.412. The summed E-state index contributed by atoms with van der Waals surface area (Å²) in [5.74, 6) is 0. The fourth-order valence-electron chi connectivity index (χ4n) is 2.66. The van der Waals surface area contributed by atoms with Gasteiger partial charge in [0.15, 0.2) is 0 Å². The molecule has 0 aliphatic rings. The first kappa shape index (κ1) is 14.8. The largest absolute Gasteiger partial charge is 0.472 e. The van der Waals surface area contributed by atoms with Gasteiger partial charge in [0.25, 0.3) is 0 Å². The summed E-state index contributed by atoms with van der Waals surface area (Å²) in [7, 11) is 2.12. The van der Waals surface area contributed by atoms with E-state index < -0.39 is 0 Å². The Morgan fingerprint density at radius 2 is 1.90 bits per heavy atom. The van der Waals surface area contributed by atoms with Crippen LogP contribution >= 0.6 is 0 Å². The molecular weight excluding hydrogens is 248 g/mol. The topological polar surface area (TPSA) is 42.4 Å². The average Bonchev–Trinajstić information content (AvgIpc) is 2.91. The molecule has 3 heteroatoms. The van der Waals surface area contributed by atoms with Crippen LogP contribution in [0.5, 0.6) is 0 Å². The Hall–Kier alpha value is -1.58. The zero-order chi connectivity index (χ0) is 14.6. The Balaban J connectivity index is 1.99. The summed E-state index contributed by atoms with van der Waals surface area (Å²) >= 11 is 0. The van der Waals surface area contributed by atoms with Gasteiger partial charge in [0.05, 0.1) is 12.5 Å². The standard InChI is InChI=1S/C17H24N2O/c1-17(2,16(18)15-7-5-4-6-8-15)13-19(3)11-14-9-10-20-12-14/h4-10,12,16H,11,13,18H2,1-3H3. The van der Waals surface area contributed by atoms with Gasteiger partial charge in [-0.2, -0.15) is 0 Å². The molecule has 108 valence electrons. The first-order valence-electron chi connectivity index (χ1n) is 6.99. The van der Waals surface area contributed by atoms with E-state index in [1.54, 1.807) is 12.5 Å². The van der Waals surface area contributed by atoms with Crippen molar-refractivity contribution in [2.75, 3.05) is 13.6 Å². The van der Waals surface area contributed by atoms with Crippen molar-refractivity contribution in [1.82, 2.24) is 4.90 Å². The van der Waals surface area contributed by atoms with Crippen molar-refractivity contribution in [1.29, 1.82) is 0 Å². The molecule has 0 saturated carbocycles. The van der Waals surface area contributed by atoms with Crippen LogP contribution in [-0.2, 0) is 6.54 Å². The molecule has 0 fully saturated rings. The predicted molar refractivity (Wildman–Crippen MR) is 82.2 cm³/mol. The molecule has 0 amide bonds. The highest BCUT2D eigenvalue weighted by molar-refractivity contribution is 5.20. The van der Waals surface area contributed by atoms with Gasteiger partial charge in [0.2, 0.25) is 0 Å². The van der Waals surface area contributed by atoms with Gasteiger partial charge in [-0.3, -0.25) is 0 Å². The fourth-order valence-corrected chi connectivity index (χ4v) is 2.66. The number of hydrogen-bond acceptors (Lipinski definition) is 3. The Kier molecular flexibility index (Phi) is 4.63. The van der Waals surface area contributed by atoms with Crippen LogP contribution in [0.25, 0.3) is 0 Å². The van der Waals surface area contributed by atoms with Crippen LogP contribution in [0.4, 0.5) is 0 Å². The second kappa shape index (κ2) is 6.25. The molecule has 1 atom stereocenters. The molecule has 0 saturated heterocycles. The number of nitrogens with two attached hydrogens (primary N) is 1. The Bertz CT molecular complexity index is 505. The van der Waals surface area contributed by atoms with Crippen LogP contribution < -0.4 is 5.73 Å². The van der Waals surface area contributed by atoms with E-state index in [4.69, 9.17) is 10.2 Å². The quantitative estimate of drug-likeness (QED) is 0.876. The van der Waals surface area contributed by atoms with E-state index >= 15 is 0 Å². The first-order chi connectivity index (χ1) is 9.49. The number of hydrogen-bond donors (Lipinski definition) is 1. The Morgan fingerprint density at radius 3 is 2.50 bits per heavy atom. The first-order valence-corrected chi connectivity index (χ1v) is 6.99. The van der Waals surface area contributed by atoms with Crippen LogP contribution in [0.15, 0.2) is 53.3 Å². The van der Waals surface area contributed by atoms with Crippen LogP contribution in [-0.4, -0.2) is 18.5 Å². The molecule has 1 heterocycles. The van der Waals surface area contributed by atoms with E-state index in [1.165, 1.54) is 11.1 Å². The highest BCUT2D eigenvalue weighted by atomic mass is 16.3. The molecule has 2 N–H and O–H groups in total. The molecular formula is C17H24N2O. The molecule has 0 aliphatic carbocycles. The third-order valence-corrected chi connectivity index (χ3v) is 3.71. The van der Waals surface area contributed by atoms with Crippen molar-refractivity contribution >= 4 is 0 Å². The van der Waals surface area contributed by atoms with Gasteiger partial charge in [-0.15, -0.1) is 0 Å². The molecule has 2 rings (SSSR count). The summed E-state index contributed by atoms with van der Waals surface area (Å²) in [5.41, 5.74) is 8.83. The molecule has 20 heavy (non-hydrogen) atoms. The van der Waals surface area contributed by atoms with Crippen LogP contribution in [0.3, 0.4) is 0 Å². The van der Waals surface area contributed by atoms with Gasteiger partial charge >= 0.3 is 0 Å². The highest BCUT2D eigenvalue weighted by Gasteiger charge is 2.29. The maximum atomic E-state index is 6.45. The summed E-state index contributed by atoms with van der Waals surface area (Å²) < 4.78 is 5.11. The highest BCUT2D eigenvalue weighted by Crippen LogP contribution is 2.32. The maximum absolute atomic E-state index is 6.45. The van der Waals surface area contributed by atoms with E-state index in [2.05, 4.69) is 37.9 Å². The maximum Gasteiger partial charge on any atom is 0.0947 e. The second-order valence-corrected chi connectivity index (χ2v) is 6.18. The molecule has 0 spiro atoms. The number of nitrogens with zero attached hydrogens (tertiary/aromatic N) is 1. The lowest BCUT2D eigenvalue weighted by Crippen LogP contribution is -2.39. The Labute approximate surface area is 121 Å². The van der Waals surface area contributed by atoms with Crippen LogP contribution in [0.1, 0.15) is 31.0 Å². The van der Waals surface area contributed by atoms with Crippen LogP contribution in [0.2, 0.25) is 0 Å². The van der Waals surface area contributed by atoms with Crippen LogP contribution in [0, 0.1) is 5.41 Å². The molecule has 1 aromatic carbocycles. The van der Waals surface area contributed by atoms with E-state index in [1.807, 2.05) is 24.3 Å². The Morgan fingerprint density at radius 1 is 1.20 bits per heavy atom. The summed E-state index contributed by atoms with van der Waals surface area (Å²) in [6.45, 7) is 6.24. The molecule has 0 aliphatic heterocycles. The van der Waals surface area contributed by atoms with Crippen molar-refractivity contribution < 1.29 is 4.42 Å². The smallest absolute Gasteiger partial charge is 0.0947 e. The lowest BCUT2D eigenvalue weighted by molar-refractivity contribution is 0.172. The molecule has 0 radical (unpaired) electrons. The summed E-state index contributed by atoms with van der Waals surface area (Å²) in [4.78, 5) is 2.29. The SMILES string of the molecule is CN(Cc1ccoc1)CC(C)(C)C(N)c1ccccc1. The molecule has 3 nitrogen and oxygen atoms in total. The van der Waals surface area contributed by atoms with Crippen molar-refractivity contribution in [2.24, 2.45) is 11.1 Å². The predicted octanol–water partition coefficient (Wildman–Crippen LogP) is 3.44. The van der Waals surface area contributed by atoms with Gasteiger partial charge in [-0.25, -0.2) is 0 Å².